The second kappa shape index (κ2) is 6.49. The van der Waals surface area contributed by atoms with Crippen molar-refractivity contribution in [2.24, 2.45) is 0 Å². The molecule has 3 aliphatic rings. The van der Waals surface area contributed by atoms with Crippen LogP contribution >= 0.6 is 0 Å². The molecule has 0 aromatic heterocycles. The van der Waals surface area contributed by atoms with Crippen molar-refractivity contribution in [3.05, 3.63) is 35.4 Å². The van der Waals surface area contributed by atoms with Crippen molar-refractivity contribution in [1.29, 1.82) is 0 Å². The average Bonchev–Trinajstić information content (AvgIpc) is 3.26. The molecule has 1 aromatic rings. The Bertz CT molecular complexity index is 584. The molecule has 24 heavy (non-hydrogen) atoms. The minimum atomic E-state index is -0.415. The molecule has 2 fully saturated rings. The molecule has 1 aliphatic carbocycles. The average molecular weight is 328 g/mol. The molecule has 1 N–H and O–H groups in total. The molecule has 2 heterocycles. The number of benzene rings is 1. The lowest BCUT2D eigenvalue weighted by Crippen LogP contribution is -2.62. The SMILES string of the molecule is O=C(N1CCC[C@H]1CO)C1(N2CCCCC2)Cc2ccccc2C1. The lowest BCUT2D eigenvalue weighted by Gasteiger charge is -2.45. The van der Waals surface area contributed by atoms with Crippen LogP contribution in [0.1, 0.15) is 43.2 Å². The standard InChI is InChI=1S/C20H28N2O2/c23-15-18-9-6-12-22(18)19(24)20(21-10-4-1-5-11-21)13-16-7-2-3-8-17(16)14-20/h2-3,7-8,18,23H,1,4-6,9-15H2/t18-/m0/s1. The van der Waals surface area contributed by atoms with Crippen LogP contribution in [0.4, 0.5) is 0 Å². The molecule has 130 valence electrons. The van der Waals surface area contributed by atoms with Gasteiger partial charge in [-0.25, -0.2) is 0 Å². The fourth-order valence-electron chi connectivity index (χ4n) is 4.99. The van der Waals surface area contributed by atoms with E-state index < -0.39 is 5.54 Å². The number of likely N-dealkylation sites (tertiary alicyclic amines) is 2. The molecule has 1 atom stereocenters. The first kappa shape index (κ1) is 16.1. The summed E-state index contributed by atoms with van der Waals surface area (Å²) in [5, 5.41) is 9.69. The number of aliphatic hydroxyl groups is 1. The zero-order valence-electron chi connectivity index (χ0n) is 14.4. The van der Waals surface area contributed by atoms with Gasteiger partial charge in [0.2, 0.25) is 5.91 Å². The van der Waals surface area contributed by atoms with E-state index in [4.69, 9.17) is 0 Å². The molecule has 1 aromatic carbocycles. The Morgan fingerprint density at radius 2 is 1.71 bits per heavy atom. The molecule has 0 radical (unpaired) electrons. The topological polar surface area (TPSA) is 43.8 Å². The molecule has 0 bridgehead atoms. The summed E-state index contributed by atoms with van der Waals surface area (Å²) in [6.07, 6.45) is 7.26. The summed E-state index contributed by atoms with van der Waals surface area (Å²) in [6.45, 7) is 2.94. The highest BCUT2D eigenvalue weighted by Crippen LogP contribution is 2.39. The maximum atomic E-state index is 13.7. The van der Waals surface area contributed by atoms with Gasteiger partial charge in [-0.05, 0) is 49.9 Å². The number of aliphatic hydroxyl groups excluding tert-OH is 1. The van der Waals surface area contributed by atoms with Gasteiger partial charge in [-0.1, -0.05) is 30.7 Å². The number of carbonyl (C=O) groups is 1. The molecule has 1 amide bonds. The van der Waals surface area contributed by atoms with Crippen LogP contribution in [0.2, 0.25) is 0 Å². The zero-order chi connectivity index (χ0) is 16.6. The summed E-state index contributed by atoms with van der Waals surface area (Å²) in [6, 6.07) is 8.55. The number of hydrogen-bond donors (Lipinski definition) is 1. The molecule has 2 aliphatic heterocycles. The van der Waals surface area contributed by atoms with E-state index in [1.54, 1.807) is 0 Å². The van der Waals surface area contributed by atoms with Crippen LogP contribution in [0.5, 0.6) is 0 Å². The quantitative estimate of drug-likeness (QED) is 0.923. The summed E-state index contributed by atoms with van der Waals surface area (Å²) in [7, 11) is 0. The van der Waals surface area contributed by atoms with Crippen molar-refractivity contribution in [1.82, 2.24) is 9.80 Å². The van der Waals surface area contributed by atoms with Crippen molar-refractivity contribution >= 4 is 5.91 Å². The van der Waals surface area contributed by atoms with Crippen LogP contribution in [-0.2, 0) is 17.6 Å². The van der Waals surface area contributed by atoms with E-state index in [2.05, 4.69) is 29.2 Å². The van der Waals surface area contributed by atoms with Crippen molar-refractivity contribution in [3.8, 4) is 0 Å². The number of hydrogen-bond acceptors (Lipinski definition) is 3. The molecule has 4 nitrogen and oxygen atoms in total. The highest BCUT2D eigenvalue weighted by atomic mass is 16.3. The minimum Gasteiger partial charge on any atom is -0.394 e. The summed E-state index contributed by atoms with van der Waals surface area (Å²) >= 11 is 0. The Hall–Kier alpha value is -1.39. The van der Waals surface area contributed by atoms with Crippen molar-refractivity contribution in [2.45, 2.75) is 56.5 Å². The van der Waals surface area contributed by atoms with Gasteiger partial charge in [-0.15, -0.1) is 0 Å². The third-order valence-corrected chi connectivity index (χ3v) is 6.29. The molecular weight excluding hydrogens is 300 g/mol. The first-order chi connectivity index (χ1) is 11.7. The second-order valence-corrected chi connectivity index (χ2v) is 7.68. The molecular formula is C20H28N2O2. The summed E-state index contributed by atoms with van der Waals surface area (Å²) in [5.41, 5.74) is 2.24. The third kappa shape index (κ3) is 2.56. The Morgan fingerprint density at radius 1 is 1.04 bits per heavy atom. The van der Waals surface area contributed by atoms with Gasteiger partial charge in [0.25, 0.3) is 0 Å². The lowest BCUT2D eigenvalue weighted by molar-refractivity contribution is -0.147. The number of rotatable bonds is 3. The third-order valence-electron chi connectivity index (χ3n) is 6.29. The van der Waals surface area contributed by atoms with Gasteiger partial charge in [-0.2, -0.15) is 0 Å². The highest BCUT2D eigenvalue weighted by Gasteiger charge is 2.51. The fraction of sp³-hybridized carbons (Fsp3) is 0.650. The zero-order valence-corrected chi connectivity index (χ0v) is 14.4. The van der Waals surface area contributed by atoms with Crippen LogP contribution in [0, 0.1) is 0 Å². The minimum absolute atomic E-state index is 0.0166. The number of carbonyl (C=O) groups excluding carboxylic acids is 1. The molecule has 2 saturated heterocycles. The van der Waals surface area contributed by atoms with Crippen LogP contribution in [0.3, 0.4) is 0 Å². The fourth-order valence-corrected chi connectivity index (χ4v) is 4.99. The lowest BCUT2D eigenvalue weighted by atomic mass is 9.88. The Labute approximate surface area is 144 Å². The van der Waals surface area contributed by atoms with Crippen LogP contribution in [0.25, 0.3) is 0 Å². The number of fused-ring (bicyclic) bond motifs is 1. The van der Waals surface area contributed by atoms with Crippen LogP contribution in [-0.4, -0.2) is 58.6 Å². The van der Waals surface area contributed by atoms with E-state index in [1.807, 2.05) is 4.90 Å². The van der Waals surface area contributed by atoms with E-state index in [0.717, 1.165) is 45.3 Å². The molecule has 4 rings (SSSR count). The number of amides is 1. The first-order valence-electron chi connectivity index (χ1n) is 9.48. The van der Waals surface area contributed by atoms with Gasteiger partial charge in [0, 0.05) is 19.4 Å². The predicted octanol–water partition coefficient (Wildman–Crippen LogP) is 1.99. The molecule has 0 unspecified atom stereocenters. The van der Waals surface area contributed by atoms with Gasteiger partial charge >= 0.3 is 0 Å². The predicted molar refractivity (Wildman–Crippen MR) is 93.8 cm³/mol. The van der Waals surface area contributed by atoms with Crippen LogP contribution in [0.15, 0.2) is 24.3 Å². The van der Waals surface area contributed by atoms with Gasteiger partial charge in [0.1, 0.15) is 5.54 Å². The Balaban J connectivity index is 1.68. The monoisotopic (exact) mass is 328 g/mol. The summed E-state index contributed by atoms with van der Waals surface area (Å²) in [4.78, 5) is 18.1. The summed E-state index contributed by atoms with van der Waals surface area (Å²) in [5.74, 6) is 0.261. The van der Waals surface area contributed by atoms with Crippen LogP contribution < -0.4 is 0 Å². The molecule has 4 heteroatoms. The Kier molecular flexibility index (Phi) is 4.35. The molecule has 0 saturated carbocycles. The normalized spacial score (nSPS) is 26.5. The maximum Gasteiger partial charge on any atom is 0.244 e. The molecule has 0 spiro atoms. The van der Waals surface area contributed by atoms with Crippen molar-refractivity contribution < 1.29 is 9.90 Å². The first-order valence-corrected chi connectivity index (χ1v) is 9.48. The van der Waals surface area contributed by atoms with E-state index in [0.29, 0.717) is 0 Å². The largest absolute Gasteiger partial charge is 0.394 e. The maximum absolute atomic E-state index is 13.7. The highest BCUT2D eigenvalue weighted by molar-refractivity contribution is 5.89. The van der Waals surface area contributed by atoms with E-state index in [1.165, 1.54) is 30.4 Å². The van der Waals surface area contributed by atoms with E-state index in [9.17, 15) is 9.90 Å². The van der Waals surface area contributed by atoms with Crippen molar-refractivity contribution in [3.63, 3.8) is 0 Å². The van der Waals surface area contributed by atoms with Gasteiger partial charge in [0.05, 0.1) is 12.6 Å². The summed E-state index contributed by atoms with van der Waals surface area (Å²) < 4.78 is 0. The van der Waals surface area contributed by atoms with E-state index >= 15 is 0 Å². The van der Waals surface area contributed by atoms with E-state index in [-0.39, 0.29) is 18.6 Å². The van der Waals surface area contributed by atoms with Gasteiger partial charge < -0.3 is 10.0 Å². The van der Waals surface area contributed by atoms with Gasteiger partial charge in [-0.3, -0.25) is 9.69 Å². The van der Waals surface area contributed by atoms with Crippen molar-refractivity contribution in [2.75, 3.05) is 26.2 Å². The number of piperidine rings is 1. The smallest absolute Gasteiger partial charge is 0.244 e. The number of nitrogens with zero attached hydrogens (tertiary/aromatic N) is 2. The van der Waals surface area contributed by atoms with Gasteiger partial charge in [0.15, 0.2) is 0 Å². The Morgan fingerprint density at radius 3 is 2.33 bits per heavy atom. The second-order valence-electron chi connectivity index (χ2n) is 7.68.